The Balaban J connectivity index is 2.14. The van der Waals surface area contributed by atoms with Gasteiger partial charge in [-0.3, -0.25) is 25.5 Å². The van der Waals surface area contributed by atoms with Crippen LogP contribution in [0.4, 0.5) is 4.79 Å². The molecule has 1 heterocycles. The van der Waals surface area contributed by atoms with Gasteiger partial charge >= 0.3 is 6.03 Å². The van der Waals surface area contributed by atoms with Crippen LogP contribution < -0.4 is 16.0 Å². The lowest BCUT2D eigenvalue weighted by Gasteiger charge is -2.33. The summed E-state index contributed by atoms with van der Waals surface area (Å²) in [5.74, 6) is -1.31. The molecule has 1 aliphatic heterocycles. The molecule has 0 aromatic carbocycles. The lowest BCUT2D eigenvalue weighted by molar-refractivity contribution is -0.143. The SMILES string of the molecule is C=CCC1(CC=C)C(=O)NC(=NC(=O)NC2=C=CC=C2)NC1=O. The number of nitrogens with one attached hydrogen (secondary N) is 3. The van der Waals surface area contributed by atoms with E-state index in [4.69, 9.17) is 0 Å². The van der Waals surface area contributed by atoms with E-state index in [0.717, 1.165) is 0 Å². The molecule has 0 aromatic heterocycles. The van der Waals surface area contributed by atoms with E-state index in [-0.39, 0.29) is 18.8 Å². The first-order valence-electron chi connectivity index (χ1n) is 6.89. The number of amides is 4. The largest absolute Gasteiger partial charge is 0.349 e. The molecule has 0 bridgehead atoms. The van der Waals surface area contributed by atoms with E-state index in [0.29, 0.717) is 5.70 Å². The van der Waals surface area contributed by atoms with E-state index in [1.165, 1.54) is 12.2 Å². The molecule has 1 saturated heterocycles. The topological polar surface area (TPSA) is 99.7 Å². The standard InChI is InChI=1S/C16H16N4O3/c1-3-9-16(10-4-2)12(21)18-14(19-13(16)22)20-15(23)17-11-7-5-6-8-11/h3-7H,1-2,9-10H2,(H3,17,18,19,20,21,22,23). The van der Waals surface area contributed by atoms with Crippen LogP contribution in [0, 0.1) is 5.41 Å². The van der Waals surface area contributed by atoms with Crippen LogP contribution >= 0.6 is 0 Å². The van der Waals surface area contributed by atoms with Crippen molar-refractivity contribution in [3.05, 3.63) is 55.0 Å². The molecule has 23 heavy (non-hydrogen) atoms. The Bertz CT molecular complexity index is 677. The molecule has 0 atom stereocenters. The Hall–Kier alpha value is -3.18. The van der Waals surface area contributed by atoms with Gasteiger partial charge in [-0.1, -0.05) is 24.0 Å². The van der Waals surface area contributed by atoms with Crippen LogP contribution in [0.1, 0.15) is 12.8 Å². The van der Waals surface area contributed by atoms with Gasteiger partial charge in [0, 0.05) is 0 Å². The van der Waals surface area contributed by atoms with Crippen molar-refractivity contribution in [3.63, 3.8) is 0 Å². The summed E-state index contributed by atoms with van der Waals surface area (Å²) in [6.07, 6.45) is 8.25. The first-order chi connectivity index (χ1) is 11.0. The molecule has 0 spiro atoms. The predicted octanol–water partition coefficient (Wildman–Crippen LogP) is 1.05. The first-order valence-corrected chi connectivity index (χ1v) is 6.89. The number of rotatable bonds is 5. The van der Waals surface area contributed by atoms with Gasteiger partial charge in [-0.15, -0.1) is 13.2 Å². The smallest absolute Gasteiger partial charge is 0.299 e. The van der Waals surface area contributed by atoms with Crippen LogP contribution in [0.15, 0.2) is 60.0 Å². The van der Waals surface area contributed by atoms with Crippen molar-refractivity contribution in [2.24, 2.45) is 10.4 Å². The molecule has 1 aliphatic carbocycles. The van der Waals surface area contributed by atoms with Gasteiger partial charge in [0.1, 0.15) is 5.41 Å². The lowest BCUT2D eigenvalue weighted by Crippen LogP contribution is -2.63. The fraction of sp³-hybridized carbons (Fsp3) is 0.188. The van der Waals surface area contributed by atoms with E-state index in [1.807, 2.05) is 0 Å². The summed E-state index contributed by atoms with van der Waals surface area (Å²) in [4.78, 5) is 40.0. The van der Waals surface area contributed by atoms with E-state index in [2.05, 4.69) is 39.8 Å². The molecule has 7 heteroatoms. The maximum Gasteiger partial charge on any atom is 0.349 e. The van der Waals surface area contributed by atoms with Gasteiger partial charge in [-0.25, -0.2) is 4.79 Å². The zero-order valence-electron chi connectivity index (χ0n) is 12.4. The average Bonchev–Trinajstić information content (AvgIpc) is 2.97. The number of allylic oxidation sites excluding steroid dienone is 4. The molecule has 0 saturated carbocycles. The highest BCUT2D eigenvalue weighted by atomic mass is 16.2. The van der Waals surface area contributed by atoms with Crippen LogP contribution in [0.5, 0.6) is 0 Å². The Morgan fingerprint density at radius 2 is 1.87 bits per heavy atom. The number of carbonyl (C=O) groups excluding carboxylic acids is 3. The molecule has 0 unspecified atom stereocenters. The van der Waals surface area contributed by atoms with E-state index >= 15 is 0 Å². The van der Waals surface area contributed by atoms with Crippen LogP contribution in [0.25, 0.3) is 0 Å². The average molecular weight is 312 g/mol. The Labute approximate surface area is 133 Å². The Morgan fingerprint density at radius 3 is 2.35 bits per heavy atom. The van der Waals surface area contributed by atoms with E-state index in [1.54, 1.807) is 18.2 Å². The number of carbonyl (C=O) groups is 3. The first kappa shape index (κ1) is 16.2. The van der Waals surface area contributed by atoms with Gasteiger partial charge in [0.05, 0.1) is 5.70 Å². The molecular formula is C16H16N4O3. The predicted molar refractivity (Wildman–Crippen MR) is 85.0 cm³/mol. The fourth-order valence-electron chi connectivity index (χ4n) is 2.24. The third-order valence-electron chi connectivity index (χ3n) is 3.37. The van der Waals surface area contributed by atoms with Gasteiger partial charge in [-0.05, 0) is 25.0 Å². The molecule has 2 rings (SSSR count). The zero-order valence-corrected chi connectivity index (χ0v) is 12.4. The van der Waals surface area contributed by atoms with Crippen LogP contribution in [0.2, 0.25) is 0 Å². The molecule has 118 valence electrons. The summed E-state index contributed by atoms with van der Waals surface area (Å²) in [5.41, 5.74) is 1.90. The normalized spacial score (nSPS) is 17.9. The Morgan fingerprint density at radius 1 is 1.26 bits per heavy atom. The van der Waals surface area contributed by atoms with Crippen LogP contribution in [-0.2, 0) is 9.59 Å². The summed E-state index contributed by atoms with van der Waals surface area (Å²) in [5, 5.41) is 7.31. The zero-order chi connectivity index (χ0) is 16.9. The van der Waals surface area contributed by atoms with Crippen LogP contribution in [-0.4, -0.2) is 23.8 Å². The summed E-state index contributed by atoms with van der Waals surface area (Å²) < 4.78 is 0. The highest BCUT2D eigenvalue weighted by Crippen LogP contribution is 2.30. The minimum absolute atomic E-state index is 0.151. The van der Waals surface area contributed by atoms with Crippen molar-refractivity contribution < 1.29 is 14.4 Å². The van der Waals surface area contributed by atoms with Crippen molar-refractivity contribution in [2.45, 2.75) is 12.8 Å². The third kappa shape index (κ3) is 3.36. The fourth-order valence-corrected chi connectivity index (χ4v) is 2.24. The minimum atomic E-state index is -1.32. The number of aliphatic imine (C=N–C) groups is 1. The molecule has 7 nitrogen and oxygen atoms in total. The number of hydrogen-bond acceptors (Lipinski definition) is 3. The molecule has 4 amide bonds. The molecular weight excluding hydrogens is 296 g/mol. The van der Waals surface area contributed by atoms with Crippen molar-refractivity contribution in [1.82, 2.24) is 16.0 Å². The number of urea groups is 1. The number of hydrogen-bond donors (Lipinski definition) is 3. The number of guanidine groups is 1. The van der Waals surface area contributed by atoms with Crippen molar-refractivity contribution in [1.29, 1.82) is 0 Å². The van der Waals surface area contributed by atoms with Crippen molar-refractivity contribution >= 4 is 23.8 Å². The molecule has 0 aromatic rings. The number of nitrogens with zero attached hydrogens (tertiary/aromatic N) is 1. The highest BCUT2D eigenvalue weighted by molar-refractivity contribution is 6.21. The van der Waals surface area contributed by atoms with Crippen molar-refractivity contribution in [3.8, 4) is 0 Å². The van der Waals surface area contributed by atoms with Gasteiger partial charge in [0.25, 0.3) is 0 Å². The third-order valence-corrected chi connectivity index (χ3v) is 3.37. The summed E-state index contributed by atoms with van der Waals surface area (Å²) in [7, 11) is 0. The maximum atomic E-state index is 12.3. The lowest BCUT2D eigenvalue weighted by atomic mass is 9.78. The van der Waals surface area contributed by atoms with Gasteiger partial charge in [0.2, 0.25) is 17.8 Å². The van der Waals surface area contributed by atoms with Crippen LogP contribution in [0.3, 0.4) is 0 Å². The summed E-state index contributed by atoms with van der Waals surface area (Å²) >= 11 is 0. The second-order valence-corrected chi connectivity index (χ2v) is 4.95. The monoisotopic (exact) mass is 312 g/mol. The molecule has 1 fully saturated rings. The quantitative estimate of drug-likeness (QED) is 0.402. The summed E-state index contributed by atoms with van der Waals surface area (Å²) in [6, 6.07) is -0.733. The van der Waals surface area contributed by atoms with Gasteiger partial charge in [0.15, 0.2) is 0 Å². The van der Waals surface area contributed by atoms with E-state index in [9.17, 15) is 14.4 Å². The van der Waals surface area contributed by atoms with Crippen molar-refractivity contribution in [2.75, 3.05) is 0 Å². The van der Waals surface area contributed by atoms with Gasteiger partial charge < -0.3 is 0 Å². The molecule has 2 aliphatic rings. The minimum Gasteiger partial charge on any atom is -0.299 e. The second-order valence-electron chi connectivity index (χ2n) is 4.95. The Kier molecular flexibility index (Phi) is 4.73. The van der Waals surface area contributed by atoms with Gasteiger partial charge in [-0.2, -0.15) is 4.99 Å². The summed E-state index contributed by atoms with van der Waals surface area (Å²) in [6.45, 7) is 7.14. The maximum absolute atomic E-state index is 12.3. The molecule has 3 N–H and O–H groups in total. The second kappa shape index (κ2) is 6.72. The molecule has 0 radical (unpaired) electrons. The highest BCUT2D eigenvalue weighted by Gasteiger charge is 2.47. The van der Waals surface area contributed by atoms with E-state index < -0.39 is 23.3 Å².